The second kappa shape index (κ2) is 5.50. The van der Waals surface area contributed by atoms with Gasteiger partial charge in [-0.05, 0) is 24.6 Å². The van der Waals surface area contributed by atoms with Crippen molar-refractivity contribution in [2.45, 2.75) is 13.3 Å². The zero-order valence-corrected chi connectivity index (χ0v) is 11.4. The molecule has 20 heavy (non-hydrogen) atoms. The average Bonchev–Trinajstić information content (AvgIpc) is 3.12. The maximum Gasteiger partial charge on any atom is 0.307 e. The lowest BCUT2D eigenvalue weighted by atomic mass is 10.2. The molecule has 2 atom stereocenters. The Balaban J connectivity index is 2.12. The SMILES string of the molecule is CC(=O)Nc1ccc(Cl)cc1NC(=O)C1CC1C(=O)O. The number of carboxylic acids is 1. The number of benzene rings is 1. The summed E-state index contributed by atoms with van der Waals surface area (Å²) < 4.78 is 0. The summed E-state index contributed by atoms with van der Waals surface area (Å²) in [6.07, 6.45) is 0.331. The van der Waals surface area contributed by atoms with Crippen molar-refractivity contribution in [1.82, 2.24) is 0 Å². The molecule has 1 fully saturated rings. The molecule has 0 heterocycles. The van der Waals surface area contributed by atoms with E-state index < -0.39 is 17.8 Å². The Labute approximate surface area is 120 Å². The first kappa shape index (κ1) is 14.3. The van der Waals surface area contributed by atoms with Crippen LogP contribution in [-0.4, -0.2) is 22.9 Å². The quantitative estimate of drug-likeness (QED) is 0.791. The number of carbonyl (C=O) groups is 3. The summed E-state index contributed by atoms with van der Waals surface area (Å²) in [5.74, 6) is -2.79. The van der Waals surface area contributed by atoms with Gasteiger partial charge in [-0.3, -0.25) is 14.4 Å². The standard InChI is InChI=1S/C13H13ClN2O4/c1-6(17)15-10-3-2-7(14)4-11(10)16-12(18)8-5-9(8)13(19)20/h2-4,8-9H,5H2,1H3,(H,15,17)(H,16,18)(H,19,20). The molecule has 0 aromatic heterocycles. The number of nitrogens with one attached hydrogen (secondary N) is 2. The van der Waals surface area contributed by atoms with E-state index in [2.05, 4.69) is 10.6 Å². The number of hydrogen-bond acceptors (Lipinski definition) is 3. The number of carboxylic acid groups (broad SMARTS) is 1. The first-order valence-corrected chi connectivity index (χ1v) is 6.37. The number of aliphatic carboxylic acids is 1. The van der Waals surface area contributed by atoms with Gasteiger partial charge in [-0.15, -0.1) is 0 Å². The van der Waals surface area contributed by atoms with Crippen LogP contribution in [0.5, 0.6) is 0 Å². The van der Waals surface area contributed by atoms with Gasteiger partial charge in [0.1, 0.15) is 0 Å². The van der Waals surface area contributed by atoms with E-state index in [1.165, 1.54) is 13.0 Å². The molecule has 0 radical (unpaired) electrons. The molecule has 0 spiro atoms. The van der Waals surface area contributed by atoms with Crippen molar-refractivity contribution >= 4 is 40.8 Å². The molecule has 7 heteroatoms. The summed E-state index contributed by atoms with van der Waals surface area (Å²) in [5.41, 5.74) is 0.775. The lowest BCUT2D eigenvalue weighted by Crippen LogP contribution is -2.18. The summed E-state index contributed by atoms with van der Waals surface area (Å²) in [5, 5.41) is 14.4. The molecule has 0 aliphatic heterocycles. The van der Waals surface area contributed by atoms with Crippen molar-refractivity contribution in [1.29, 1.82) is 0 Å². The molecular formula is C13H13ClN2O4. The Morgan fingerprint density at radius 3 is 2.45 bits per heavy atom. The smallest absolute Gasteiger partial charge is 0.307 e. The average molecular weight is 297 g/mol. The molecule has 1 aliphatic carbocycles. The van der Waals surface area contributed by atoms with Crippen molar-refractivity contribution in [3.05, 3.63) is 23.2 Å². The zero-order chi connectivity index (χ0) is 14.9. The maximum atomic E-state index is 11.9. The molecule has 1 aliphatic rings. The summed E-state index contributed by atoms with van der Waals surface area (Å²) in [6, 6.07) is 4.66. The molecule has 2 unspecified atom stereocenters. The minimum absolute atomic E-state index is 0.280. The molecule has 0 bridgehead atoms. The molecule has 1 aromatic carbocycles. The highest BCUT2D eigenvalue weighted by Crippen LogP contribution is 2.40. The van der Waals surface area contributed by atoms with Crippen LogP contribution in [-0.2, 0) is 14.4 Å². The van der Waals surface area contributed by atoms with Crippen molar-refractivity contribution in [3.63, 3.8) is 0 Å². The summed E-state index contributed by atoms with van der Waals surface area (Å²) in [7, 11) is 0. The molecule has 0 saturated heterocycles. The van der Waals surface area contributed by atoms with E-state index in [1.807, 2.05) is 0 Å². The van der Waals surface area contributed by atoms with Crippen LogP contribution in [0.15, 0.2) is 18.2 Å². The van der Waals surface area contributed by atoms with Crippen LogP contribution in [0, 0.1) is 11.8 Å². The van der Waals surface area contributed by atoms with Gasteiger partial charge >= 0.3 is 5.97 Å². The maximum absolute atomic E-state index is 11.9. The highest BCUT2D eigenvalue weighted by molar-refractivity contribution is 6.31. The van der Waals surface area contributed by atoms with Gasteiger partial charge in [-0.2, -0.15) is 0 Å². The van der Waals surface area contributed by atoms with Crippen molar-refractivity contribution < 1.29 is 19.5 Å². The normalized spacial score (nSPS) is 20.1. The van der Waals surface area contributed by atoms with Gasteiger partial charge in [0.15, 0.2) is 0 Å². The Morgan fingerprint density at radius 2 is 1.90 bits per heavy atom. The molecule has 2 amide bonds. The van der Waals surface area contributed by atoms with Crippen LogP contribution in [0.1, 0.15) is 13.3 Å². The Hall–Kier alpha value is -2.08. The second-order valence-electron chi connectivity index (χ2n) is 4.65. The van der Waals surface area contributed by atoms with Crippen molar-refractivity contribution in [2.75, 3.05) is 10.6 Å². The second-order valence-corrected chi connectivity index (χ2v) is 5.08. The third-order valence-corrected chi connectivity index (χ3v) is 3.23. The fourth-order valence-electron chi connectivity index (χ4n) is 1.90. The van der Waals surface area contributed by atoms with Crippen LogP contribution in [0.4, 0.5) is 11.4 Å². The van der Waals surface area contributed by atoms with Crippen LogP contribution >= 0.6 is 11.6 Å². The van der Waals surface area contributed by atoms with E-state index in [9.17, 15) is 14.4 Å². The highest BCUT2D eigenvalue weighted by Gasteiger charge is 2.48. The van der Waals surface area contributed by atoms with E-state index in [1.54, 1.807) is 12.1 Å². The number of hydrogen-bond donors (Lipinski definition) is 3. The first-order valence-electron chi connectivity index (χ1n) is 5.99. The third-order valence-electron chi connectivity index (χ3n) is 2.99. The summed E-state index contributed by atoms with van der Waals surface area (Å²) in [4.78, 5) is 33.7. The van der Waals surface area contributed by atoms with Crippen LogP contribution in [0.2, 0.25) is 5.02 Å². The number of halogens is 1. The molecule has 106 valence electrons. The predicted molar refractivity (Wildman–Crippen MR) is 73.6 cm³/mol. The van der Waals surface area contributed by atoms with E-state index in [-0.39, 0.29) is 11.8 Å². The minimum Gasteiger partial charge on any atom is -0.481 e. The fourth-order valence-corrected chi connectivity index (χ4v) is 2.07. The Kier molecular flexibility index (Phi) is 3.94. The van der Waals surface area contributed by atoms with Crippen LogP contribution in [0.3, 0.4) is 0 Å². The predicted octanol–water partition coefficient (Wildman–Crippen LogP) is 1.96. The first-order chi connectivity index (χ1) is 9.38. The van der Waals surface area contributed by atoms with Crippen molar-refractivity contribution in [2.24, 2.45) is 11.8 Å². The zero-order valence-electron chi connectivity index (χ0n) is 10.6. The molecule has 1 aromatic rings. The van der Waals surface area contributed by atoms with Gasteiger partial charge in [0.2, 0.25) is 11.8 Å². The lowest BCUT2D eigenvalue weighted by molar-refractivity contribution is -0.139. The molecule has 2 rings (SSSR count). The fraction of sp³-hybridized carbons (Fsp3) is 0.308. The van der Waals surface area contributed by atoms with Crippen LogP contribution < -0.4 is 10.6 Å². The van der Waals surface area contributed by atoms with Crippen molar-refractivity contribution in [3.8, 4) is 0 Å². The highest BCUT2D eigenvalue weighted by atomic mass is 35.5. The van der Waals surface area contributed by atoms with E-state index >= 15 is 0 Å². The summed E-state index contributed by atoms with van der Waals surface area (Å²) >= 11 is 5.85. The van der Waals surface area contributed by atoms with Gasteiger partial charge in [0.25, 0.3) is 0 Å². The van der Waals surface area contributed by atoms with E-state index in [4.69, 9.17) is 16.7 Å². The minimum atomic E-state index is -0.974. The van der Waals surface area contributed by atoms with Gasteiger partial charge in [0, 0.05) is 11.9 Å². The Bertz CT molecular complexity index is 588. The third kappa shape index (κ3) is 3.27. The largest absolute Gasteiger partial charge is 0.481 e. The van der Waals surface area contributed by atoms with Gasteiger partial charge in [-0.25, -0.2) is 0 Å². The number of rotatable bonds is 4. The topological polar surface area (TPSA) is 95.5 Å². The molecular weight excluding hydrogens is 284 g/mol. The molecule has 1 saturated carbocycles. The Morgan fingerprint density at radius 1 is 1.20 bits per heavy atom. The molecule has 3 N–H and O–H groups in total. The van der Waals surface area contributed by atoms with Crippen LogP contribution in [0.25, 0.3) is 0 Å². The molecule has 6 nitrogen and oxygen atoms in total. The number of amides is 2. The summed E-state index contributed by atoms with van der Waals surface area (Å²) in [6.45, 7) is 1.35. The number of carbonyl (C=O) groups excluding carboxylic acids is 2. The van der Waals surface area contributed by atoms with Gasteiger partial charge < -0.3 is 15.7 Å². The van der Waals surface area contributed by atoms with E-state index in [0.717, 1.165) is 0 Å². The monoisotopic (exact) mass is 296 g/mol. The van der Waals surface area contributed by atoms with Gasteiger partial charge in [0.05, 0.1) is 23.2 Å². The van der Waals surface area contributed by atoms with Gasteiger partial charge in [-0.1, -0.05) is 11.6 Å². The lowest BCUT2D eigenvalue weighted by Gasteiger charge is -2.11. The van der Waals surface area contributed by atoms with E-state index in [0.29, 0.717) is 22.8 Å². The number of anilines is 2.